The van der Waals surface area contributed by atoms with E-state index in [1.807, 2.05) is 0 Å². The van der Waals surface area contributed by atoms with Crippen molar-refractivity contribution < 1.29 is 0 Å². The lowest BCUT2D eigenvalue weighted by Gasteiger charge is -2.22. The quantitative estimate of drug-likeness (QED) is 0.344. The summed E-state index contributed by atoms with van der Waals surface area (Å²) in [4.78, 5) is 0. The molecule has 0 N–H and O–H groups in total. The van der Waals surface area contributed by atoms with E-state index in [4.69, 9.17) is 0 Å². The second-order valence-corrected chi connectivity index (χ2v) is 8.26. The molecule has 0 aromatic rings. The largest absolute Gasteiger partial charge is 0.179 e. The van der Waals surface area contributed by atoms with E-state index in [1.165, 1.54) is 0 Å². The monoisotopic (exact) mass is 324 g/mol. The predicted octanol–water partition coefficient (Wildman–Crippen LogP) is 3.12. The molecule has 0 saturated carbocycles. The molecule has 7 heteroatoms. The minimum Gasteiger partial charge on any atom is -0.179 e. The van der Waals surface area contributed by atoms with Crippen LogP contribution in [0.4, 0.5) is 0 Å². The van der Waals surface area contributed by atoms with Crippen molar-refractivity contribution in [3.63, 3.8) is 0 Å². The molecule has 2 atom stereocenters. The number of rotatable bonds is 8. The van der Waals surface area contributed by atoms with Gasteiger partial charge in [0.05, 0.1) is 9.16 Å². The molecule has 14 heavy (non-hydrogen) atoms. The lowest BCUT2D eigenvalue weighted by Crippen LogP contribution is -2.22. The van der Waals surface area contributed by atoms with Gasteiger partial charge >= 0.3 is 0 Å². The van der Waals surface area contributed by atoms with Crippen LogP contribution in [0.1, 0.15) is 0 Å². The van der Waals surface area contributed by atoms with Gasteiger partial charge in [0.25, 0.3) is 0 Å². The van der Waals surface area contributed by atoms with E-state index in [9.17, 15) is 0 Å². The molecule has 0 spiro atoms. The molecule has 0 rings (SSSR count). The maximum Gasteiger partial charge on any atom is 0.0607 e. The Morgan fingerprint density at radius 1 is 0.786 bits per heavy atom. The number of thiol groups is 5. The van der Waals surface area contributed by atoms with Gasteiger partial charge in [0.15, 0.2) is 0 Å². The highest BCUT2D eigenvalue weighted by molar-refractivity contribution is 8.13. The first-order valence-corrected chi connectivity index (χ1v) is 9.03. The van der Waals surface area contributed by atoms with Crippen LogP contribution in [0.15, 0.2) is 0 Å². The molecule has 0 fully saturated rings. The molecule has 0 saturated heterocycles. The van der Waals surface area contributed by atoms with E-state index >= 15 is 0 Å². The Morgan fingerprint density at radius 3 is 1.43 bits per heavy atom. The Kier molecular flexibility index (Phi) is 12.4. The fourth-order valence-corrected chi connectivity index (χ4v) is 4.68. The second-order valence-electron chi connectivity index (χ2n) is 2.46. The Morgan fingerprint density at radius 2 is 1.14 bits per heavy atom. The van der Waals surface area contributed by atoms with Crippen molar-refractivity contribution in [1.29, 1.82) is 0 Å². The molecule has 0 radical (unpaired) electrons. The summed E-state index contributed by atoms with van der Waals surface area (Å²) in [6.45, 7) is 0. The van der Waals surface area contributed by atoms with Gasteiger partial charge in [-0.2, -0.15) is 63.1 Å². The van der Waals surface area contributed by atoms with Gasteiger partial charge < -0.3 is 0 Å². The standard InChI is InChI=1S/C7H16S7/c8-1-3-13-6(11)5(10)7(12)14-4-2-9/h5-12H,1-4H2. The van der Waals surface area contributed by atoms with Crippen LogP contribution in [-0.2, 0) is 0 Å². The normalized spacial score (nSPS) is 17.8. The second kappa shape index (κ2) is 10.6. The van der Waals surface area contributed by atoms with E-state index in [-0.39, 0.29) is 14.4 Å². The minimum absolute atomic E-state index is 0.191. The highest BCUT2D eigenvalue weighted by Gasteiger charge is 2.21. The van der Waals surface area contributed by atoms with Crippen LogP contribution in [0.5, 0.6) is 0 Å². The molecule has 0 aliphatic heterocycles. The third-order valence-corrected chi connectivity index (χ3v) is 7.55. The zero-order valence-corrected chi connectivity index (χ0v) is 13.7. The van der Waals surface area contributed by atoms with Crippen molar-refractivity contribution >= 4 is 86.7 Å². The van der Waals surface area contributed by atoms with Gasteiger partial charge in [-0.3, -0.25) is 0 Å². The maximum atomic E-state index is 4.52. The predicted molar refractivity (Wildman–Crippen MR) is 90.9 cm³/mol. The van der Waals surface area contributed by atoms with Crippen LogP contribution in [0.3, 0.4) is 0 Å². The SMILES string of the molecule is SCCSC(S)C(S)C(S)SCCS. The van der Waals surface area contributed by atoms with E-state index in [0.29, 0.717) is 0 Å². The minimum atomic E-state index is 0.191. The molecular formula is C7H16S7. The van der Waals surface area contributed by atoms with Gasteiger partial charge in [-0.25, -0.2) is 0 Å². The fraction of sp³-hybridized carbons (Fsp3) is 1.00. The number of thioether (sulfide) groups is 2. The number of hydrogen-bond donors (Lipinski definition) is 5. The topological polar surface area (TPSA) is 0 Å². The van der Waals surface area contributed by atoms with Crippen molar-refractivity contribution in [2.24, 2.45) is 0 Å². The Hall–Kier alpha value is 2.45. The van der Waals surface area contributed by atoms with Gasteiger partial charge in [-0.05, 0) is 11.5 Å². The molecule has 86 valence electrons. The first-order valence-electron chi connectivity index (χ1n) is 4.12. The van der Waals surface area contributed by atoms with Gasteiger partial charge in [0, 0.05) is 16.8 Å². The van der Waals surface area contributed by atoms with E-state index in [1.54, 1.807) is 23.5 Å². The summed E-state index contributed by atoms with van der Waals surface area (Å²) in [7, 11) is 0. The average Bonchev–Trinajstić information content (AvgIpc) is 2.21. The van der Waals surface area contributed by atoms with Crippen LogP contribution in [0.25, 0.3) is 0 Å². The lowest BCUT2D eigenvalue weighted by molar-refractivity contribution is 1.07. The summed E-state index contributed by atoms with van der Waals surface area (Å²) in [6, 6.07) is 0. The van der Waals surface area contributed by atoms with Crippen molar-refractivity contribution in [1.82, 2.24) is 0 Å². The maximum absolute atomic E-state index is 4.52. The lowest BCUT2D eigenvalue weighted by atomic mass is 10.5. The molecular weight excluding hydrogens is 309 g/mol. The van der Waals surface area contributed by atoms with E-state index in [2.05, 4.69) is 63.1 Å². The Bertz CT molecular complexity index is 117. The summed E-state index contributed by atoms with van der Waals surface area (Å²) < 4.78 is 0.445. The molecule has 0 aliphatic rings. The van der Waals surface area contributed by atoms with Crippen molar-refractivity contribution in [3.05, 3.63) is 0 Å². The molecule has 0 aromatic heterocycles. The van der Waals surface area contributed by atoms with Crippen molar-refractivity contribution in [3.8, 4) is 0 Å². The summed E-state index contributed by atoms with van der Waals surface area (Å²) in [5.41, 5.74) is 0. The third kappa shape index (κ3) is 7.68. The van der Waals surface area contributed by atoms with Crippen LogP contribution < -0.4 is 0 Å². The summed E-state index contributed by atoms with van der Waals surface area (Å²) in [5, 5.41) is 0.191. The highest BCUT2D eigenvalue weighted by Crippen LogP contribution is 2.32. The average molecular weight is 325 g/mol. The number of hydrogen-bond acceptors (Lipinski definition) is 7. The molecule has 0 heterocycles. The molecule has 0 bridgehead atoms. The molecule has 0 nitrogen and oxygen atoms in total. The Balaban J connectivity index is 3.72. The van der Waals surface area contributed by atoms with Crippen molar-refractivity contribution in [2.45, 2.75) is 14.4 Å². The highest BCUT2D eigenvalue weighted by atomic mass is 32.2. The van der Waals surface area contributed by atoms with Gasteiger partial charge in [-0.15, -0.1) is 23.5 Å². The van der Waals surface area contributed by atoms with Gasteiger partial charge in [-0.1, -0.05) is 0 Å². The summed E-state index contributed by atoms with van der Waals surface area (Å²) in [5.74, 6) is 3.77. The van der Waals surface area contributed by atoms with Crippen LogP contribution in [0.2, 0.25) is 0 Å². The van der Waals surface area contributed by atoms with E-state index in [0.717, 1.165) is 23.0 Å². The zero-order chi connectivity index (χ0) is 11.0. The van der Waals surface area contributed by atoms with Crippen LogP contribution in [-0.4, -0.2) is 37.4 Å². The molecule has 2 unspecified atom stereocenters. The smallest absolute Gasteiger partial charge is 0.0607 e. The summed E-state index contributed by atoms with van der Waals surface area (Å²) in [6.07, 6.45) is 0. The third-order valence-electron chi connectivity index (χ3n) is 1.34. The zero-order valence-electron chi connectivity index (χ0n) is 7.61. The van der Waals surface area contributed by atoms with E-state index < -0.39 is 0 Å². The fourth-order valence-electron chi connectivity index (χ4n) is 0.685. The van der Waals surface area contributed by atoms with Gasteiger partial charge in [0.1, 0.15) is 0 Å². The molecule has 0 amide bonds. The summed E-state index contributed by atoms with van der Waals surface area (Å²) >= 11 is 25.4. The molecule has 0 aliphatic carbocycles. The first-order chi connectivity index (χ1) is 6.63. The van der Waals surface area contributed by atoms with Crippen LogP contribution >= 0.6 is 86.7 Å². The Labute approximate surface area is 123 Å². The molecule has 0 aromatic carbocycles. The van der Waals surface area contributed by atoms with Gasteiger partial charge in [0.2, 0.25) is 0 Å². The van der Waals surface area contributed by atoms with Crippen LogP contribution in [0, 0.1) is 0 Å². The van der Waals surface area contributed by atoms with Crippen molar-refractivity contribution in [2.75, 3.05) is 23.0 Å². The first kappa shape index (κ1) is 16.4.